The molecule has 2 fully saturated rings. The van der Waals surface area contributed by atoms with Gasteiger partial charge in [0.25, 0.3) is 11.8 Å². The Morgan fingerprint density at radius 2 is 2.10 bits per heavy atom. The highest BCUT2D eigenvalue weighted by Crippen LogP contribution is 2.45. The van der Waals surface area contributed by atoms with Gasteiger partial charge in [-0.3, -0.25) is 24.9 Å². The Hall–Kier alpha value is -4.28. The number of alkyl halides is 2. The van der Waals surface area contributed by atoms with Gasteiger partial charge in [0.2, 0.25) is 11.8 Å². The van der Waals surface area contributed by atoms with E-state index in [-0.39, 0.29) is 34.6 Å². The fraction of sp³-hybridized carbons (Fsp3) is 0.433. The molecule has 1 unspecified atom stereocenters. The molecule has 4 rings (SSSR count). The molecule has 0 radical (unpaired) electrons. The van der Waals surface area contributed by atoms with Crippen molar-refractivity contribution in [1.29, 1.82) is 10.8 Å². The van der Waals surface area contributed by atoms with Crippen molar-refractivity contribution in [1.82, 2.24) is 15.2 Å². The molecule has 1 saturated heterocycles. The summed E-state index contributed by atoms with van der Waals surface area (Å²) in [5, 5.41) is 29.4. The van der Waals surface area contributed by atoms with Gasteiger partial charge < -0.3 is 20.2 Å². The van der Waals surface area contributed by atoms with Crippen molar-refractivity contribution in [3.63, 3.8) is 0 Å². The van der Waals surface area contributed by atoms with Crippen LogP contribution in [0.1, 0.15) is 61.8 Å². The number of likely N-dealkylation sites (tertiary alicyclic amines) is 1. The standard InChI is InChI=1S/C30H34F2N6O4/c1-4-30(31,32)15-22(33)20-13-18(2)5-6-19(14-20)27-37-24(17-42-27)26(40)36-23(16-35-3)25(34)38-12-11-29(28(38)41)9-7-21(39)8-10-29/h4-6,14,16-17,21,23,33-34,39H,1,7-12,15H2,2-3H3,(H,36,40). The summed E-state index contributed by atoms with van der Waals surface area (Å²) in [6.07, 6.45) is 9.19. The Labute approximate surface area is 242 Å². The first-order valence-electron chi connectivity index (χ1n) is 13.6. The molecule has 42 heavy (non-hydrogen) atoms. The summed E-state index contributed by atoms with van der Waals surface area (Å²) in [6.45, 7) is 5.16. The molecule has 0 aromatic carbocycles. The first-order valence-corrected chi connectivity index (χ1v) is 13.6. The number of rotatable bonds is 9. The maximum Gasteiger partial charge on any atom is 0.274 e. The number of aliphatic hydroxyl groups excluding tert-OH is 1. The van der Waals surface area contributed by atoms with E-state index < -0.39 is 35.8 Å². The van der Waals surface area contributed by atoms with Gasteiger partial charge in [0, 0.05) is 31.0 Å². The van der Waals surface area contributed by atoms with Gasteiger partial charge in [-0.25, -0.2) is 13.8 Å². The second kappa shape index (κ2) is 12.3. The monoisotopic (exact) mass is 580 g/mol. The summed E-state index contributed by atoms with van der Waals surface area (Å²) in [7, 11) is 1.49. The van der Waals surface area contributed by atoms with Gasteiger partial charge in [0.1, 0.15) is 18.1 Å². The minimum Gasteiger partial charge on any atom is -0.444 e. The fourth-order valence-electron chi connectivity index (χ4n) is 5.30. The Bertz CT molecular complexity index is 1460. The highest BCUT2D eigenvalue weighted by Gasteiger charge is 2.49. The van der Waals surface area contributed by atoms with Gasteiger partial charge in [-0.05, 0) is 62.8 Å². The summed E-state index contributed by atoms with van der Waals surface area (Å²) < 4.78 is 33.2. The molecule has 222 valence electrons. The third kappa shape index (κ3) is 6.61. The summed E-state index contributed by atoms with van der Waals surface area (Å²) in [5.74, 6) is -4.22. The molecular formula is C30H34F2N6O4. The minimum absolute atomic E-state index is 0.0145. The Balaban J connectivity index is 1.48. The van der Waals surface area contributed by atoms with Crippen LogP contribution in [0.4, 0.5) is 8.78 Å². The van der Waals surface area contributed by atoms with Gasteiger partial charge in [-0.15, -0.1) is 5.73 Å². The number of hydrogen-bond acceptors (Lipinski definition) is 8. The maximum atomic E-state index is 13.8. The quantitative estimate of drug-likeness (QED) is 0.149. The van der Waals surface area contributed by atoms with Gasteiger partial charge in [-0.2, -0.15) is 0 Å². The normalized spacial score (nSPS) is 23.4. The minimum atomic E-state index is -3.26. The van der Waals surface area contributed by atoms with Gasteiger partial charge in [0.05, 0.1) is 23.7 Å². The van der Waals surface area contributed by atoms with E-state index in [9.17, 15) is 23.5 Å². The molecule has 2 aliphatic carbocycles. The number of carbonyl (C=O) groups is 2. The average molecular weight is 581 g/mol. The van der Waals surface area contributed by atoms with Crippen molar-refractivity contribution in [3.8, 4) is 0 Å². The summed E-state index contributed by atoms with van der Waals surface area (Å²) in [5.41, 5.74) is 2.90. The van der Waals surface area contributed by atoms with Crippen molar-refractivity contribution in [3.05, 3.63) is 65.6 Å². The smallest absolute Gasteiger partial charge is 0.274 e. The van der Waals surface area contributed by atoms with Crippen LogP contribution in [0.3, 0.4) is 0 Å². The lowest BCUT2D eigenvalue weighted by Gasteiger charge is -2.34. The highest BCUT2D eigenvalue weighted by atomic mass is 19.3. The zero-order valence-electron chi connectivity index (χ0n) is 23.5. The highest BCUT2D eigenvalue weighted by molar-refractivity contribution is 6.11. The number of carbonyl (C=O) groups excluding carboxylic acids is 2. The number of aromatic nitrogens is 1. The SMILES string of the molecule is C=CC(F)(F)CC(=N)C1=C=C(C)C=CC(c2nc(C(=O)NC(C=NC)C(=N)N3CCC4(CCC(O)CC4)C3=O)co2)=C1. The fourth-order valence-corrected chi connectivity index (χ4v) is 5.30. The van der Waals surface area contributed by atoms with Gasteiger partial charge >= 0.3 is 0 Å². The molecule has 1 spiro atoms. The number of amidine groups is 1. The molecular weight excluding hydrogens is 546 g/mol. The number of aliphatic imine (C=N–C) groups is 1. The molecule has 0 bridgehead atoms. The van der Waals surface area contributed by atoms with Crippen LogP contribution in [-0.4, -0.2) is 76.2 Å². The van der Waals surface area contributed by atoms with Crippen molar-refractivity contribution < 1.29 is 27.9 Å². The topological polar surface area (TPSA) is 156 Å². The number of aliphatic hydroxyl groups is 1. The molecule has 3 aliphatic rings. The molecule has 1 atom stereocenters. The van der Waals surface area contributed by atoms with Crippen LogP contribution in [0, 0.1) is 16.2 Å². The number of halogens is 2. The van der Waals surface area contributed by atoms with E-state index in [0.717, 1.165) is 6.26 Å². The third-order valence-electron chi connectivity index (χ3n) is 7.76. The van der Waals surface area contributed by atoms with E-state index in [0.29, 0.717) is 55.9 Å². The third-order valence-corrected chi connectivity index (χ3v) is 7.76. The largest absolute Gasteiger partial charge is 0.444 e. The molecule has 4 N–H and O–H groups in total. The van der Waals surface area contributed by atoms with E-state index in [1.165, 1.54) is 24.2 Å². The van der Waals surface area contributed by atoms with Crippen LogP contribution in [0.15, 0.2) is 63.4 Å². The van der Waals surface area contributed by atoms with E-state index in [2.05, 4.69) is 27.6 Å². The van der Waals surface area contributed by atoms with Gasteiger partial charge in [0.15, 0.2) is 5.69 Å². The Morgan fingerprint density at radius 1 is 1.38 bits per heavy atom. The molecule has 10 nitrogen and oxygen atoms in total. The molecule has 2 amide bonds. The van der Waals surface area contributed by atoms with Crippen LogP contribution in [0.2, 0.25) is 0 Å². The Morgan fingerprint density at radius 3 is 2.76 bits per heavy atom. The molecule has 12 heteroatoms. The zero-order valence-corrected chi connectivity index (χ0v) is 23.5. The van der Waals surface area contributed by atoms with E-state index in [4.69, 9.17) is 15.2 Å². The number of amides is 2. The van der Waals surface area contributed by atoms with Crippen molar-refractivity contribution in [2.45, 2.75) is 63.5 Å². The molecule has 1 saturated carbocycles. The Kier molecular flexibility index (Phi) is 8.98. The predicted octanol–water partition coefficient (Wildman–Crippen LogP) is 4.26. The first kappa shape index (κ1) is 30.7. The molecule has 1 aromatic rings. The number of oxazole rings is 1. The van der Waals surface area contributed by atoms with E-state index in [1.54, 1.807) is 19.1 Å². The molecule has 1 aromatic heterocycles. The maximum absolute atomic E-state index is 13.8. The van der Waals surface area contributed by atoms with Crippen LogP contribution in [-0.2, 0) is 4.79 Å². The zero-order chi connectivity index (χ0) is 30.7. The summed E-state index contributed by atoms with van der Waals surface area (Å²) in [4.78, 5) is 36.0. The number of nitrogens with one attached hydrogen (secondary N) is 3. The number of hydrogen-bond donors (Lipinski definition) is 4. The van der Waals surface area contributed by atoms with E-state index in [1.807, 2.05) is 0 Å². The van der Waals surface area contributed by atoms with Crippen LogP contribution >= 0.6 is 0 Å². The first-order chi connectivity index (χ1) is 19.9. The summed E-state index contributed by atoms with van der Waals surface area (Å²) in [6, 6.07) is -1.01. The van der Waals surface area contributed by atoms with Crippen LogP contribution in [0.25, 0.3) is 5.57 Å². The summed E-state index contributed by atoms with van der Waals surface area (Å²) >= 11 is 0. The van der Waals surface area contributed by atoms with Gasteiger partial charge in [-0.1, -0.05) is 12.7 Å². The number of nitrogens with zero attached hydrogens (tertiary/aromatic N) is 3. The van der Waals surface area contributed by atoms with E-state index >= 15 is 0 Å². The van der Waals surface area contributed by atoms with Crippen molar-refractivity contribution in [2.24, 2.45) is 10.4 Å². The second-order valence-electron chi connectivity index (χ2n) is 10.8. The lowest BCUT2D eigenvalue weighted by atomic mass is 9.72. The van der Waals surface area contributed by atoms with Crippen LogP contribution in [0.5, 0.6) is 0 Å². The second-order valence-corrected chi connectivity index (χ2v) is 10.8. The van der Waals surface area contributed by atoms with Crippen molar-refractivity contribution in [2.75, 3.05) is 13.6 Å². The number of allylic oxidation sites excluding steroid dienone is 6. The predicted molar refractivity (Wildman–Crippen MR) is 154 cm³/mol. The lowest BCUT2D eigenvalue weighted by Crippen LogP contribution is -2.51. The lowest BCUT2D eigenvalue weighted by molar-refractivity contribution is -0.135. The van der Waals surface area contributed by atoms with Crippen molar-refractivity contribution >= 4 is 35.1 Å². The molecule has 2 heterocycles. The molecule has 1 aliphatic heterocycles. The average Bonchev–Trinajstić information content (AvgIpc) is 3.51. The van der Waals surface area contributed by atoms with Crippen LogP contribution < -0.4 is 5.32 Å².